The maximum Gasteiger partial charge on any atom is 0.114 e. The molecule has 180 valence electrons. The molecule has 1 nitrogen and oxygen atoms in total. The van der Waals surface area contributed by atoms with Crippen molar-refractivity contribution in [2.24, 2.45) is 0 Å². The molecule has 0 aliphatic heterocycles. The van der Waals surface area contributed by atoms with Crippen molar-refractivity contribution in [1.29, 1.82) is 0 Å². The van der Waals surface area contributed by atoms with E-state index in [0.717, 1.165) is 4.48 Å². The fourth-order valence-corrected chi connectivity index (χ4v) is 5.21. The lowest BCUT2D eigenvalue weighted by Gasteiger charge is -2.38. The number of nitrogens with zero attached hydrogens (tertiary/aromatic N) is 1. The Kier molecular flexibility index (Phi) is 17.0. The van der Waals surface area contributed by atoms with E-state index in [1.165, 1.54) is 128 Å². The van der Waals surface area contributed by atoms with Crippen LogP contribution in [0.4, 0.5) is 0 Å². The monoisotopic (exact) mass is 430 g/mol. The minimum absolute atomic E-state index is 0.646. The van der Waals surface area contributed by atoms with Crippen molar-refractivity contribution in [3.05, 3.63) is 35.9 Å². The highest BCUT2D eigenvalue weighted by molar-refractivity contribution is 5.17. The van der Waals surface area contributed by atoms with Crippen molar-refractivity contribution in [3.8, 4) is 0 Å². The van der Waals surface area contributed by atoms with E-state index < -0.39 is 0 Å². The Balaban J connectivity index is 2.04. The number of unbranched alkanes of at least 4 members (excludes halogenated alkanes) is 15. The van der Waals surface area contributed by atoms with Crippen molar-refractivity contribution in [2.75, 3.05) is 20.6 Å². The van der Waals surface area contributed by atoms with Crippen LogP contribution >= 0.6 is 0 Å². The fourth-order valence-electron chi connectivity index (χ4n) is 5.21. The van der Waals surface area contributed by atoms with Crippen LogP contribution in [0.25, 0.3) is 0 Å². The molecule has 1 atom stereocenters. The van der Waals surface area contributed by atoms with E-state index in [4.69, 9.17) is 0 Å². The van der Waals surface area contributed by atoms with Crippen molar-refractivity contribution >= 4 is 0 Å². The number of hydrogen-bond acceptors (Lipinski definition) is 0. The number of benzene rings is 1. The third-order valence-corrected chi connectivity index (χ3v) is 7.16. The standard InChI is InChI=1S/C30H56N/c1-5-7-8-9-10-11-12-13-14-15-16-17-18-19-20-24-27-30(31(3,4)28-6-2)29-25-22-21-23-26-29/h21-23,25-26,30H,5-20,24,27-28H2,1-4H3/q+1. The Morgan fingerprint density at radius 3 is 1.39 bits per heavy atom. The molecule has 0 N–H and O–H groups in total. The van der Waals surface area contributed by atoms with E-state index in [-0.39, 0.29) is 0 Å². The zero-order valence-electron chi connectivity index (χ0n) is 21.8. The third kappa shape index (κ3) is 14.0. The summed E-state index contributed by atoms with van der Waals surface area (Å²) in [5.74, 6) is 0. The Morgan fingerprint density at radius 2 is 0.968 bits per heavy atom. The van der Waals surface area contributed by atoms with Gasteiger partial charge in [-0.15, -0.1) is 0 Å². The topological polar surface area (TPSA) is 0 Å². The zero-order valence-corrected chi connectivity index (χ0v) is 21.8. The smallest absolute Gasteiger partial charge is 0.114 e. The van der Waals surface area contributed by atoms with Gasteiger partial charge in [-0.1, -0.05) is 140 Å². The van der Waals surface area contributed by atoms with Gasteiger partial charge in [0.25, 0.3) is 0 Å². The van der Waals surface area contributed by atoms with E-state index in [0.29, 0.717) is 6.04 Å². The zero-order chi connectivity index (χ0) is 22.6. The van der Waals surface area contributed by atoms with Crippen LogP contribution in [-0.4, -0.2) is 25.1 Å². The summed E-state index contributed by atoms with van der Waals surface area (Å²) in [5, 5.41) is 0. The van der Waals surface area contributed by atoms with E-state index in [9.17, 15) is 0 Å². The van der Waals surface area contributed by atoms with Crippen LogP contribution in [0.3, 0.4) is 0 Å². The van der Waals surface area contributed by atoms with Crippen LogP contribution in [0.15, 0.2) is 30.3 Å². The van der Waals surface area contributed by atoms with Gasteiger partial charge in [-0.2, -0.15) is 0 Å². The molecule has 0 aromatic heterocycles. The second-order valence-electron chi connectivity index (χ2n) is 10.5. The average molecular weight is 431 g/mol. The highest BCUT2D eigenvalue weighted by atomic mass is 15.3. The largest absolute Gasteiger partial charge is 0.322 e. The summed E-state index contributed by atoms with van der Waals surface area (Å²) in [6.45, 7) is 5.88. The van der Waals surface area contributed by atoms with Gasteiger partial charge in [0.05, 0.1) is 20.6 Å². The molecule has 1 aromatic rings. The second kappa shape index (κ2) is 18.7. The molecule has 1 aromatic carbocycles. The number of hydrogen-bond donors (Lipinski definition) is 0. The van der Waals surface area contributed by atoms with Crippen LogP contribution in [0.1, 0.15) is 141 Å². The number of quaternary nitrogens is 1. The molecule has 0 aliphatic carbocycles. The van der Waals surface area contributed by atoms with Gasteiger partial charge in [0, 0.05) is 12.0 Å². The molecule has 0 saturated carbocycles. The summed E-state index contributed by atoms with van der Waals surface area (Å²) in [4.78, 5) is 0. The van der Waals surface area contributed by atoms with Crippen LogP contribution < -0.4 is 0 Å². The summed E-state index contributed by atoms with van der Waals surface area (Å²) in [5.41, 5.74) is 1.53. The first-order chi connectivity index (χ1) is 15.1. The summed E-state index contributed by atoms with van der Waals surface area (Å²) >= 11 is 0. The molecule has 1 rings (SSSR count). The predicted octanol–water partition coefficient (Wildman–Crippen LogP) is 9.87. The van der Waals surface area contributed by atoms with Crippen LogP contribution in [0.5, 0.6) is 0 Å². The molecule has 0 heterocycles. The van der Waals surface area contributed by atoms with Crippen LogP contribution in [0, 0.1) is 0 Å². The van der Waals surface area contributed by atoms with Crippen molar-refractivity contribution in [2.45, 2.75) is 135 Å². The summed E-state index contributed by atoms with van der Waals surface area (Å²) in [7, 11) is 4.85. The van der Waals surface area contributed by atoms with Gasteiger partial charge in [-0.3, -0.25) is 0 Å². The quantitative estimate of drug-likeness (QED) is 0.134. The van der Waals surface area contributed by atoms with E-state index in [1.807, 2.05) is 0 Å². The van der Waals surface area contributed by atoms with Crippen LogP contribution in [-0.2, 0) is 0 Å². The molecule has 0 aliphatic rings. The SMILES string of the molecule is CCCCCCCCCCCCCCCCCCC(c1ccccc1)[N+](C)(C)CCC. The third-order valence-electron chi connectivity index (χ3n) is 7.16. The second-order valence-corrected chi connectivity index (χ2v) is 10.5. The molecular weight excluding hydrogens is 374 g/mol. The first kappa shape index (κ1) is 28.2. The fraction of sp³-hybridized carbons (Fsp3) is 0.800. The molecule has 0 fully saturated rings. The van der Waals surface area contributed by atoms with E-state index >= 15 is 0 Å². The van der Waals surface area contributed by atoms with E-state index in [1.54, 1.807) is 0 Å². The molecule has 1 unspecified atom stereocenters. The Bertz CT molecular complexity index is 492. The molecule has 31 heavy (non-hydrogen) atoms. The van der Waals surface area contributed by atoms with Gasteiger partial charge in [0.2, 0.25) is 0 Å². The predicted molar refractivity (Wildman–Crippen MR) is 141 cm³/mol. The highest BCUT2D eigenvalue weighted by Crippen LogP contribution is 2.31. The normalized spacial score (nSPS) is 12.9. The lowest BCUT2D eigenvalue weighted by atomic mass is 9.96. The Hall–Kier alpha value is -0.820. The van der Waals surface area contributed by atoms with Crippen molar-refractivity contribution < 1.29 is 4.48 Å². The molecule has 1 heteroatoms. The highest BCUT2D eigenvalue weighted by Gasteiger charge is 2.28. The molecule has 0 radical (unpaired) electrons. The van der Waals surface area contributed by atoms with E-state index in [2.05, 4.69) is 58.3 Å². The molecule has 0 bridgehead atoms. The van der Waals surface area contributed by atoms with Gasteiger partial charge in [-0.25, -0.2) is 0 Å². The lowest BCUT2D eigenvalue weighted by Crippen LogP contribution is -2.43. The van der Waals surface area contributed by atoms with Crippen molar-refractivity contribution in [1.82, 2.24) is 0 Å². The van der Waals surface area contributed by atoms with Gasteiger partial charge in [0.15, 0.2) is 0 Å². The minimum atomic E-state index is 0.646. The average Bonchev–Trinajstić information content (AvgIpc) is 2.76. The molecule has 0 amide bonds. The van der Waals surface area contributed by atoms with Crippen molar-refractivity contribution in [3.63, 3.8) is 0 Å². The Labute approximate surface area is 196 Å². The maximum atomic E-state index is 2.42. The molecule has 0 spiro atoms. The maximum absolute atomic E-state index is 2.42. The van der Waals surface area contributed by atoms with Gasteiger partial charge < -0.3 is 4.48 Å². The summed E-state index contributed by atoms with van der Waals surface area (Å²) in [6.07, 6.45) is 25.7. The summed E-state index contributed by atoms with van der Waals surface area (Å²) < 4.78 is 1.12. The first-order valence-electron chi connectivity index (χ1n) is 14.0. The molecular formula is C30H56N+. The molecule has 0 saturated heterocycles. The summed E-state index contributed by atoms with van der Waals surface area (Å²) in [6, 6.07) is 11.9. The lowest BCUT2D eigenvalue weighted by molar-refractivity contribution is -0.921. The first-order valence-corrected chi connectivity index (χ1v) is 14.0. The van der Waals surface area contributed by atoms with Gasteiger partial charge in [-0.05, 0) is 12.8 Å². The van der Waals surface area contributed by atoms with Gasteiger partial charge in [0.1, 0.15) is 6.04 Å². The van der Waals surface area contributed by atoms with Crippen LogP contribution in [0.2, 0.25) is 0 Å². The minimum Gasteiger partial charge on any atom is -0.322 e. The van der Waals surface area contributed by atoms with Gasteiger partial charge >= 0.3 is 0 Å². The number of rotatable bonds is 21. The Morgan fingerprint density at radius 1 is 0.548 bits per heavy atom.